The average molecular weight is 199 g/mol. The predicted octanol–water partition coefficient (Wildman–Crippen LogP) is 0.105. The number of morpholine rings is 1. The van der Waals surface area contributed by atoms with Crippen LogP contribution in [0.3, 0.4) is 0 Å². The Morgan fingerprint density at radius 1 is 1.85 bits per heavy atom. The van der Waals surface area contributed by atoms with Crippen LogP contribution in [0.1, 0.15) is 6.92 Å². The summed E-state index contributed by atoms with van der Waals surface area (Å²) < 4.78 is 5.20. The van der Waals surface area contributed by atoms with E-state index in [0.717, 1.165) is 13.1 Å². The maximum Gasteiger partial charge on any atom is 0.169 e. The van der Waals surface area contributed by atoms with E-state index in [9.17, 15) is 0 Å². The van der Waals surface area contributed by atoms with Crippen molar-refractivity contribution in [2.75, 3.05) is 26.2 Å². The molecule has 1 aliphatic rings. The summed E-state index contributed by atoms with van der Waals surface area (Å²) in [5, 5.41) is 12.4. The maximum atomic E-state index is 8.66. The number of nitrogens with one attached hydrogen (secondary N) is 1. The third kappa shape index (κ3) is 2.83. The molecular formula is C8H13N3OS. The fraction of sp³-hybridized carbons (Fsp3) is 0.750. The summed E-state index contributed by atoms with van der Waals surface area (Å²) >= 11 is 5.12. The number of rotatable bonds is 1. The second kappa shape index (κ2) is 5.00. The zero-order chi connectivity index (χ0) is 9.68. The van der Waals surface area contributed by atoms with Crippen LogP contribution in [0.5, 0.6) is 0 Å². The van der Waals surface area contributed by atoms with Crippen LogP contribution in [-0.4, -0.2) is 42.4 Å². The van der Waals surface area contributed by atoms with Crippen LogP contribution in [0.2, 0.25) is 0 Å². The van der Waals surface area contributed by atoms with E-state index in [2.05, 4.69) is 11.4 Å². The standard InChI is InChI=1S/C8H13N3OS/c1-2-10-8(13)11-3-4-12-7(5-9)6-11/h7H,2-4,6H2,1H3,(H,10,13). The monoisotopic (exact) mass is 199 g/mol. The first kappa shape index (κ1) is 10.2. The van der Waals surface area contributed by atoms with Gasteiger partial charge in [-0.25, -0.2) is 0 Å². The van der Waals surface area contributed by atoms with E-state index >= 15 is 0 Å². The molecule has 0 amide bonds. The van der Waals surface area contributed by atoms with Gasteiger partial charge in [0.25, 0.3) is 0 Å². The van der Waals surface area contributed by atoms with E-state index in [1.54, 1.807) is 0 Å². The van der Waals surface area contributed by atoms with E-state index in [4.69, 9.17) is 22.2 Å². The summed E-state index contributed by atoms with van der Waals surface area (Å²) in [6.45, 7) is 4.72. The third-order valence-electron chi connectivity index (χ3n) is 1.83. The van der Waals surface area contributed by atoms with Crippen LogP contribution in [0.15, 0.2) is 0 Å². The zero-order valence-electron chi connectivity index (χ0n) is 7.62. The van der Waals surface area contributed by atoms with E-state index in [1.165, 1.54) is 0 Å². The molecule has 1 fully saturated rings. The van der Waals surface area contributed by atoms with Gasteiger partial charge < -0.3 is 15.0 Å². The Kier molecular flexibility index (Phi) is 3.93. The van der Waals surface area contributed by atoms with Gasteiger partial charge in [0.2, 0.25) is 0 Å². The SMILES string of the molecule is CCNC(=S)N1CCOC(C#N)C1. The number of hydrogen-bond donors (Lipinski definition) is 1. The first-order chi connectivity index (χ1) is 6.27. The predicted molar refractivity (Wildman–Crippen MR) is 53.2 cm³/mol. The van der Waals surface area contributed by atoms with Crippen LogP contribution in [0.25, 0.3) is 0 Å². The summed E-state index contributed by atoms with van der Waals surface area (Å²) in [5.41, 5.74) is 0. The van der Waals surface area contributed by atoms with Gasteiger partial charge in [-0.1, -0.05) is 0 Å². The van der Waals surface area contributed by atoms with E-state index in [1.807, 2.05) is 11.8 Å². The zero-order valence-corrected chi connectivity index (χ0v) is 8.43. The molecule has 0 radical (unpaired) electrons. The van der Waals surface area contributed by atoms with Crippen LogP contribution >= 0.6 is 12.2 Å². The molecule has 72 valence electrons. The average Bonchev–Trinajstić information content (AvgIpc) is 2.18. The van der Waals surface area contributed by atoms with Crippen molar-refractivity contribution in [3.05, 3.63) is 0 Å². The first-order valence-electron chi connectivity index (χ1n) is 4.32. The van der Waals surface area contributed by atoms with E-state index < -0.39 is 0 Å². The van der Waals surface area contributed by atoms with Crippen molar-refractivity contribution in [2.45, 2.75) is 13.0 Å². The molecule has 1 heterocycles. The van der Waals surface area contributed by atoms with Gasteiger partial charge in [-0.3, -0.25) is 0 Å². The van der Waals surface area contributed by atoms with Gasteiger partial charge in [-0.2, -0.15) is 5.26 Å². The molecule has 0 bridgehead atoms. The lowest BCUT2D eigenvalue weighted by atomic mass is 10.3. The van der Waals surface area contributed by atoms with Crippen molar-refractivity contribution in [3.63, 3.8) is 0 Å². The van der Waals surface area contributed by atoms with Gasteiger partial charge in [0.1, 0.15) is 0 Å². The second-order valence-electron chi connectivity index (χ2n) is 2.77. The van der Waals surface area contributed by atoms with Crippen molar-refractivity contribution < 1.29 is 4.74 Å². The van der Waals surface area contributed by atoms with Gasteiger partial charge in [-0.15, -0.1) is 0 Å². The highest BCUT2D eigenvalue weighted by Crippen LogP contribution is 2.04. The Hall–Kier alpha value is -0.860. The molecule has 0 aromatic carbocycles. The Morgan fingerprint density at radius 2 is 2.62 bits per heavy atom. The molecule has 1 N–H and O–H groups in total. The molecule has 0 aliphatic carbocycles. The number of thiocarbonyl (C=S) groups is 1. The minimum absolute atomic E-state index is 0.342. The summed E-state index contributed by atoms with van der Waals surface area (Å²) in [4.78, 5) is 1.97. The Labute approximate surface area is 83.5 Å². The number of ether oxygens (including phenoxy) is 1. The molecule has 0 aromatic rings. The Balaban J connectivity index is 2.42. The van der Waals surface area contributed by atoms with E-state index in [-0.39, 0.29) is 6.10 Å². The molecule has 1 unspecified atom stereocenters. The van der Waals surface area contributed by atoms with Gasteiger partial charge in [0.05, 0.1) is 19.2 Å². The lowest BCUT2D eigenvalue weighted by Gasteiger charge is -2.31. The Bertz CT molecular complexity index is 226. The van der Waals surface area contributed by atoms with E-state index in [0.29, 0.717) is 18.3 Å². The summed E-state index contributed by atoms with van der Waals surface area (Å²) in [5.74, 6) is 0. The van der Waals surface area contributed by atoms with Gasteiger partial charge in [-0.05, 0) is 19.1 Å². The molecule has 1 aliphatic heterocycles. The molecule has 1 atom stereocenters. The third-order valence-corrected chi connectivity index (χ3v) is 2.23. The lowest BCUT2D eigenvalue weighted by molar-refractivity contribution is 0.0263. The van der Waals surface area contributed by atoms with Crippen LogP contribution in [0, 0.1) is 11.3 Å². The summed E-state index contributed by atoms with van der Waals surface area (Å²) in [6.07, 6.45) is -0.342. The smallest absolute Gasteiger partial charge is 0.169 e. The van der Waals surface area contributed by atoms with Crippen molar-refractivity contribution in [1.82, 2.24) is 10.2 Å². The molecule has 0 spiro atoms. The lowest BCUT2D eigenvalue weighted by Crippen LogP contribution is -2.49. The quantitative estimate of drug-likeness (QED) is 0.607. The minimum Gasteiger partial charge on any atom is -0.363 e. The van der Waals surface area contributed by atoms with Crippen LogP contribution in [0.4, 0.5) is 0 Å². The minimum atomic E-state index is -0.342. The summed E-state index contributed by atoms with van der Waals surface area (Å²) in [7, 11) is 0. The van der Waals surface area contributed by atoms with Gasteiger partial charge in [0, 0.05) is 13.1 Å². The molecule has 5 heteroatoms. The fourth-order valence-corrected chi connectivity index (χ4v) is 1.49. The highest BCUT2D eigenvalue weighted by atomic mass is 32.1. The van der Waals surface area contributed by atoms with Gasteiger partial charge >= 0.3 is 0 Å². The molecule has 4 nitrogen and oxygen atoms in total. The number of hydrogen-bond acceptors (Lipinski definition) is 3. The molecule has 1 rings (SSSR count). The fourth-order valence-electron chi connectivity index (χ4n) is 1.17. The highest BCUT2D eigenvalue weighted by molar-refractivity contribution is 7.80. The van der Waals surface area contributed by atoms with Crippen molar-refractivity contribution in [3.8, 4) is 6.07 Å². The molecule has 1 saturated heterocycles. The van der Waals surface area contributed by atoms with Crippen LogP contribution in [-0.2, 0) is 4.74 Å². The summed E-state index contributed by atoms with van der Waals surface area (Å²) in [6, 6.07) is 2.08. The van der Waals surface area contributed by atoms with Gasteiger partial charge in [0.15, 0.2) is 11.2 Å². The normalized spacial score (nSPS) is 22.2. The molecule has 0 aromatic heterocycles. The topological polar surface area (TPSA) is 48.3 Å². The molecular weight excluding hydrogens is 186 g/mol. The largest absolute Gasteiger partial charge is 0.363 e. The van der Waals surface area contributed by atoms with Crippen molar-refractivity contribution >= 4 is 17.3 Å². The maximum absolute atomic E-state index is 8.66. The number of nitriles is 1. The highest BCUT2D eigenvalue weighted by Gasteiger charge is 2.21. The number of nitrogens with zero attached hydrogens (tertiary/aromatic N) is 2. The molecule has 0 saturated carbocycles. The molecule has 13 heavy (non-hydrogen) atoms. The first-order valence-corrected chi connectivity index (χ1v) is 4.72. The van der Waals surface area contributed by atoms with Crippen LogP contribution < -0.4 is 5.32 Å². The van der Waals surface area contributed by atoms with Crippen molar-refractivity contribution in [1.29, 1.82) is 5.26 Å². The second-order valence-corrected chi connectivity index (χ2v) is 3.16. The van der Waals surface area contributed by atoms with Crippen molar-refractivity contribution in [2.24, 2.45) is 0 Å². The Morgan fingerprint density at radius 3 is 3.23 bits per heavy atom.